The van der Waals surface area contributed by atoms with E-state index in [9.17, 15) is 9.59 Å². The molecule has 1 amide bonds. The molecule has 4 aromatic rings. The highest BCUT2D eigenvalue weighted by atomic mass is 16.5. The van der Waals surface area contributed by atoms with Gasteiger partial charge in [-0.05, 0) is 70.8 Å². The predicted molar refractivity (Wildman–Crippen MR) is 146 cm³/mol. The highest BCUT2D eigenvalue weighted by molar-refractivity contribution is 5.81. The van der Waals surface area contributed by atoms with Crippen molar-refractivity contribution in [1.82, 2.24) is 5.32 Å². The van der Waals surface area contributed by atoms with Crippen molar-refractivity contribution in [3.05, 3.63) is 130 Å². The van der Waals surface area contributed by atoms with Gasteiger partial charge in [0.2, 0.25) is 0 Å². The molecule has 5 nitrogen and oxygen atoms in total. The van der Waals surface area contributed by atoms with Crippen molar-refractivity contribution in [2.45, 2.75) is 5.92 Å². The van der Waals surface area contributed by atoms with Gasteiger partial charge in [-0.2, -0.15) is 0 Å². The highest BCUT2D eigenvalue weighted by Crippen LogP contribution is 2.45. The number of rotatable bonds is 4. The highest BCUT2D eigenvalue weighted by Gasteiger charge is 2.30. The number of carboxylic acids is 1. The molecule has 0 heterocycles. The molecule has 0 bridgehead atoms. The van der Waals surface area contributed by atoms with Gasteiger partial charge in [0, 0.05) is 28.2 Å². The Morgan fingerprint density at radius 1 is 0.684 bits per heavy atom. The number of carboxylic acid groups (broad SMARTS) is 1. The molecule has 4 aromatic carbocycles. The van der Waals surface area contributed by atoms with E-state index in [0.29, 0.717) is 0 Å². The lowest BCUT2D eigenvalue weighted by molar-refractivity contribution is -0.135. The zero-order chi connectivity index (χ0) is 26.3. The molecule has 2 N–H and O–H groups in total. The normalized spacial score (nSPS) is 11.2. The van der Waals surface area contributed by atoms with Crippen molar-refractivity contribution >= 4 is 12.1 Å². The summed E-state index contributed by atoms with van der Waals surface area (Å²) in [5, 5.41) is 11.1. The summed E-state index contributed by atoms with van der Waals surface area (Å²) in [7, 11) is 0. The summed E-state index contributed by atoms with van der Waals surface area (Å²) < 4.78 is 5.44. The Morgan fingerprint density at radius 2 is 1.16 bits per heavy atom. The Hall–Kier alpha value is -5.26. The molecule has 0 fully saturated rings. The van der Waals surface area contributed by atoms with Crippen LogP contribution in [0.4, 0.5) is 4.79 Å². The SMILES string of the molecule is O=C(O)CNC(=O)OCC1c2cc(C#Cc3ccccc3)ccc2-c2ccc(C#Cc3ccccc3)cc21. The van der Waals surface area contributed by atoms with Crippen molar-refractivity contribution < 1.29 is 19.4 Å². The maximum absolute atomic E-state index is 12.1. The number of carbonyl (C=O) groups is 2. The van der Waals surface area contributed by atoms with E-state index in [1.807, 2.05) is 97.1 Å². The number of alkyl carbamates (subject to hydrolysis) is 1. The topological polar surface area (TPSA) is 75.6 Å². The first-order valence-corrected chi connectivity index (χ1v) is 12.1. The van der Waals surface area contributed by atoms with Gasteiger partial charge < -0.3 is 15.2 Å². The van der Waals surface area contributed by atoms with Crippen LogP contribution in [0.3, 0.4) is 0 Å². The number of ether oxygens (including phenoxy) is 1. The Bertz CT molecular complexity index is 1510. The second-order valence-corrected chi connectivity index (χ2v) is 8.73. The minimum Gasteiger partial charge on any atom is -0.480 e. The fourth-order valence-corrected chi connectivity index (χ4v) is 4.38. The first kappa shape index (κ1) is 24.4. The average molecular weight is 498 g/mol. The molecule has 38 heavy (non-hydrogen) atoms. The molecule has 5 heteroatoms. The van der Waals surface area contributed by atoms with Gasteiger partial charge in [0.1, 0.15) is 13.2 Å². The predicted octanol–water partition coefficient (Wildman–Crippen LogP) is 5.41. The summed E-state index contributed by atoms with van der Waals surface area (Å²) in [6.07, 6.45) is -0.776. The fraction of sp³-hybridized carbons (Fsp3) is 0.0909. The molecule has 0 unspecified atom stereocenters. The number of nitrogens with one attached hydrogen (secondary N) is 1. The quantitative estimate of drug-likeness (QED) is 0.370. The third-order valence-corrected chi connectivity index (χ3v) is 6.16. The van der Waals surface area contributed by atoms with Crippen LogP contribution in [0, 0.1) is 23.7 Å². The standard InChI is InChI=1S/C33H23NO4/c35-32(36)21-34-33(37)38-22-31-29-19-25(13-11-23-7-3-1-4-8-23)15-17-27(29)28-18-16-26(20-30(28)31)14-12-24-9-5-2-6-10-24/h1-10,15-20,31H,21-22H2,(H,34,37)(H,35,36). The summed E-state index contributed by atoms with van der Waals surface area (Å²) in [5.74, 6) is 11.5. The van der Waals surface area contributed by atoms with Gasteiger partial charge in [-0.3, -0.25) is 4.79 Å². The van der Waals surface area contributed by atoms with E-state index in [1.165, 1.54) is 0 Å². The molecule has 0 aromatic heterocycles. The minimum atomic E-state index is -1.14. The lowest BCUT2D eigenvalue weighted by Crippen LogP contribution is -2.30. The fourth-order valence-electron chi connectivity index (χ4n) is 4.38. The second-order valence-electron chi connectivity index (χ2n) is 8.73. The van der Waals surface area contributed by atoms with Crippen molar-refractivity contribution in [1.29, 1.82) is 0 Å². The lowest BCUT2D eigenvalue weighted by Gasteiger charge is -2.15. The van der Waals surface area contributed by atoms with Crippen LogP contribution < -0.4 is 5.32 Å². The van der Waals surface area contributed by atoms with Gasteiger partial charge in [0.05, 0.1) is 0 Å². The Balaban J connectivity index is 1.47. The average Bonchev–Trinajstić information content (AvgIpc) is 3.25. The maximum Gasteiger partial charge on any atom is 0.407 e. The van der Waals surface area contributed by atoms with Gasteiger partial charge in [0.15, 0.2) is 0 Å². The Kier molecular flexibility index (Phi) is 7.20. The van der Waals surface area contributed by atoms with Crippen molar-refractivity contribution in [2.75, 3.05) is 13.2 Å². The number of fused-ring (bicyclic) bond motifs is 3. The van der Waals surface area contributed by atoms with Crippen molar-refractivity contribution in [3.8, 4) is 34.8 Å². The van der Waals surface area contributed by atoms with Crippen LogP contribution in [-0.4, -0.2) is 30.3 Å². The lowest BCUT2D eigenvalue weighted by atomic mass is 9.95. The number of benzene rings is 4. The van der Waals surface area contributed by atoms with E-state index in [0.717, 1.165) is 44.5 Å². The van der Waals surface area contributed by atoms with Gasteiger partial charge in [-0.1, -0.05) is 72.2 Å². The maximum atomic E-state index is 12.1. The van der Waals surface area contributed by atoms with E-state index < -0.39 is 18.6 Å². The van der Waals surface area contributed by atoms with Gasteiger partial charge in [-0.25, -0.2) is 4.79 Å². The summed E-state index contributed by atoms with van der Waals surface area (Å²) in [5.41, 5.74) is 7.65. The largest absolute Gasteiger partial charge is 0.480 e. The van der Waals surface area contributed by atoms with E-state index in [1.54, 1.807) is 0 Å². The molecule has 5 rings (SSSR count). The van der Waals surface area contributed by atoms with E-state index in [2.05, 4.69) is 29.0 Å². The number of amides is 1. The molecule has 0 saturated heterocycles. The third kappa shape index (κ3) is 5.75. The molecule has 0 radical (unpaired) electrons. The molecular formula is C33H23NO4. The van der Waals surface area contributed by atoms with E-state index >= 15 is 0 Å². The van der Waals surface area contributed by atoms with Crippen LogP contribution in [0.1, 0.15) is 39.3 Å². The zero-order valence-corrected chi connectivity index (χ0v) is 20.4. The molecule has 0 aliphatic heterocycles. The molecule has 0 spiro atoms. The number of aliphatic carboxylic acids is 1. The molecule has 0 atom stereocenters. The zero-order valence-electron chi connectivity index (χ0n) is 20.4. The summed E-state index contributed by atoms with van der Waals surface area (Å²) in [6.45, 7) is -0.453. The summed E-state index contributed by atoms with van der Waals surface area (Å²) >= 11 is 0. The van der Waals surface area contributed by atoms with Gasteiger partial charge in [-0.15, -0.1) is 0 Å². The Morgan fingerprint density at radius 3 is 1.63 bits per heavy atom. The first-order chi connectivity index (χ1) is 18.6. The molecule has 184 valence electrons. The van der Waals surface area contributed by atoms with Gasteiger partial charge in [0.25, 0.3) is 0 Å². The van der Waals surface area contributed by atoms with Crippen LogP contribution in [0.2, 0.25) is 0 Å². The number of carbonyl (C=O) groups excluding carboxylic acids is 1. The monoisotopic (exact) mass is 497 g/mol. The minimum absolute atomic E-state index is 0.0522. The van der Waals surface area contributed by atoms with Crippen LogP contribution in [-0.2, 0) is 9.53 Å². The molecule has 1 aliphatic carbocycles. The van der Waals surface area contributed by atoms with Crippen LogP contribution in [0.5, 0.6) is 0 Å². The molecule has 0 saturated carbocycles. The van der Waals surface area contributed by atoms with Crippen LogP contribution >= 0.6 is 0 Å². The number of hydrogen-bond donors (Lipinski definition) is 2. The summed E-state index contributed by atoms with van der Waals surface area (Å²) in [6, 6.07) is 31.7. The second kappa shape index (κ2) is 11.2. The third-order valence-electron chi connectivity index (χ3n) is 6.16. The van der Waals surface area contributed by atoms with Gasteiger partial charge >= 0.3 is 12.1 Å². The first-order valence-electron chi connectivity index (χ1n) is 12.1. The Labute approximate surface area is 221 Å². The van der Waals surface area contributed by atoms with E-state index in [-0.39, 0.29) is 12.5 Å². The summed E-state index contributed by atoms with van der Waals surface area (Å²) in [4.78, 5) is 22.9. The van der Waals surface area contributed by atoms with Crippen LogP contribution in [0.15, 0.2) is 97.1 Å². The smallest absolute Gasteiger partial charge is 0.407 e. The molecular weight excluding hydrogens is 474 g/mol. The van der Waals surface area contributed by atoms with Crippen molar-refractivity contribution in [2.24, 2.45) is 0 Å². The van der Waals surface area contributed by atoms with E-state index in [4.69, 9.17) is 9.84 Å². The number of hydrogen-bond acceptors (Lipinski definition) is 3. The molecule has 1 aliphatic rings. The van der Waals surface area contributed by atoms with Crippen LogP contribution in [0.25, 0.3) is 11.1 Å². The van der Waals surface area contributed by atoms with Crippen molar-refractivity contribution in [3.63, 3.8) is 0 Å².